The third-order valence-corrected chi connectivity index (χ3v) is 7.61. The molecule has 0 aliphatic carbocycles. The van der Waals surface area contributed by atoms with Gasteiger partial charge in [-0.05, 0) is 32.6 Å². The smallest absolute Gasteiger partial charge is 0.326 e. The molecule has 0 aromatic carbocycles. The van der Waals surface area contributed by atoms with Gasteiger partial charge in [0.15, 0.2) is 5.78 Å². The molecule has 0 aliphatic rings. The summed E-state index contributed by atoms with van der Waals surface area (Å²) >= 11 is 0. The van der Waals surface area contributed by atoms with Gasteiger partial charge in [-0.1, -0.05) is 89.9 Å². The maximum absolute atomic E-state index is 12.3. The summed E-state index contributed by atoms with van der Waals surface area (Å²) in [6.45, 7) is 1.43. The Morgan fingerprint density at radius 2 is 0.841 bits per heavy atom. The molecule has 12 nitrogen and oxygen atoms in total. The van der Waals surface area contributed by atoms with E-state index < -0.39 is 47.7 Å². The van der Waals surface area contributed by atoms with Crippen molar-refractivity contribution in [2.45, 2.75) is 166 Å². The Balaban J connectivity index is 3.93. The molecule has 0 aromatic rings. The normalized spacial score (nSPS) is 13.0. The molecule has 0 aromatic heterocycles. The van der Waals surface area contributed by atoms with Gasteiger partial charge in [-0.2, -0.15) is 0 Å². The van der Waals surface area contributed by atoms with Crippen LogP contribution >= 0.6 is 0 Å². The number of Topliss-reactive ketones (excluding diaryl/α,β-unsaturated/α-hetero) is 1. The Morgan fingerprint density at radius 3 is 1.23 bits per heavy atom. The van der Waals surface area contributed by atoms with Crippen LogP contribution in [-0.2, 0) is 28.8 Å². The minimum absolute atomic E-state index is 0.123. The number of carbonyl (C=O) groups excluding carboxylic acids is 3. The second-order valence-corrected chi connectivity index (χ2v) is 11.8. The maximum atomic E-state index is 12.3. The predicted molar refractivity (Wildman–Crippen MR) is 167 cm³/mol. The van der Waals surface area contributed by atoms with Gasteiger partial charge < -0.3 is 31.7 Å². The lowest BCUT2D eigenvalue weighted by atomic mass is 10.0. The number of unbranched alkanes of at least 4 members (excludes halogenated alkanes) is 15. The zero-order valence-electron chi connectivity index (χ0n) is 26.7. The highest BCUT2D eigenvalue weighted by Crippen LogP contribution is 2.14. The number of carboxylic acids is 3. The third kappa shape index (κ3) is 24.4. The first-order valence-corrected chi connectivity index (χ1v) is 16.5. The zero-order chi connectivity index (χ0) is 33.2. The average molecular weight is 628 g/mol. The van der Waals surface area contributed by atoms with Crippen LogP contribution < -0.4 is 16.4 Å². The molecule has 7 N–H and O–H groups in total. The second kappa shape index (κ2) is 26.4. The topological polar surface area (TPSA) is 213 Å². The van der Waals surface area contributed by atoms with E-state index in [2.05, 4.69) is 10.6 Å². The third-order valence-electron chi connectivity index (χ3n) is 7.61. The Hall–Kier alpha value is -3.02. The lowest BCUT2D eigenvalue weighted by Gasteiger charge is -2.20. The van der Waals surface area contributed by atoms with Crippen molar-refractivity contribution in [3.8, 4) is 0 Å². The Labute approximate surface area is 262 Å². The molecule has 44 heavy (non-hydrogen) atoms. The molecule has 0 heterocycles. The minimum Gasteiger partial charge on any atom is -0.481 e. The summed E-state index contributed by atoms with van der Waals surface area (Å²) in [5.74, 6) is -4.60. The predicted octanol–water partition coefficient (Wildman–Crippen LogP) is 4.71. The van der Waals surface area contributed by atoms with Crippen molar-refractivity contribution < 1.29 is 44.1 Å². The van der Waals surface area contributed by atoms with E-state index in [1.165, 1.54) is 64.7 Å². The first kappa shape index (κ1) is 41.0. The molecule has 254 valence electrons. The van der Waals surface area contributed by atoms with E-state index in [1.807, 2.05) is 0 Å². The van der Waals surface area contributed by atoms with Crippen LogP contribution in [0.1, 0.15) is 148 Å². The van der Waals surface area contributed by atoms with Crippen LogP contribution in [0, 0.1) is 0 Å². The van der Waals surface area contributed by atoms with Crippen molar-refractivity contribution in [3.05, 3.63) is 0 Å². The number of hydrogen-bond acceptors (Lipinski definition) is 7. The quantitative estimate of drug-likeness (QED) is 0.0603. The highest BCUT2D eigenvalue weighted by molar-refractivity contribution is 5.92. The van der Waals surface area contributed by atoms with E-state index in [4.69, 9.17) is 15.9 Å². The van der Waals surface area contributed by atoms with Gasteiger partial charge in [0, 0.05) is 25.7 Å². The van der Waals surface area contributed by atoms with Crippen LogP contribution in [-0.4, -0.2) is 69.0 Å². The number of amides is 2. The van der Waals surface area contributed by atoms with Gasteiger partial charge >= 0.3 is 17.9 Å². The SMILES string of the molecule is CC(N)C(=O)[C@H](CCC(=O)O)NC(=O)CC[C@H](NC(=O)CCCCCCCCCCCCCCCCCCC(=O)O)C(=O)O. The van der Waals surface area contributed by atoms with Crippen LogP contribution in [0.25, 0.3) is 0 Å². The van der Waals surface area contributed by atoms with Crippen molar-refractivity contribution in [3.63, 3.8) is 0 Å². The van der Waals surface area contributed by atoms with Crippen molar-refractivity contribution in [2.24, 2.45) is 5.73 Å². The van der Waals surface area contributed by atoms with E-state index in [1.54, 1.807) is 0 Å². The fourth-order valence-electron chi connectivity index (χ4n) is 4.97. The monoisotopic (exact) mass is 627 g/mol. The summed E-state index contributed by atoms with van der Waals surface area (Å²) in [4.78, 5) is 69.7. The molecule has 0 radical (unpaired) electrons. The maximum Gasteiger partial charge on any atom is 0.326 e. The molecular formula is C32H57N3O9. The summed E-state index contributed by atoms with van der Waals surface area (Å²) < 4.78 is 0. The average Bonchev–Trinajstić information content (AvgIpc) is 2.95. The van der Waals surface area contributed by atoms with Gasteiger partial charge in [0.1, 0.15) is 6.04 Å². The molecule has 0 fully saturated rings. The fraction of sp³-hybridized carbons (Fsp3) is 0.812. The lowest BCUT2D eigenvalue weighted by molar-refractivity contribution is -0.142. The van der Waals surface area contributed by atoms with Crippen LogP contribution in [0.4, 0.5) is 0 Å². The van der Waals surface area contributed by atoms with E-state index in [9.17, 15) is 33.9 Å². The molecule has 1 unspecified atom stereocenters. The van der Waals surface area contributed by atoms with Crippen molar-refractivity contribution >= 4 is 35.5 Å². The molecule has 0 bridgehead atoms. The van der Waals surface area contributed by atoms with Gasteiger partial charge in [0.25, 0.3) is 0 Å². The van der Waals surface area contributed by atoms with Crippen molar-refractivity contribution in [1.29, 1.82) is 0 Å². The highest BCUT2D eigenvalue weighted by Gasteiger charge is 2.26. The number of carbonyl (C=O) groups is 6. The molecule has 0 rings (SSSR count). The van der Waals surface area contributed by atoms with Gasteiger partial charge in [-0.3, -0.25) is 24.0 Å². The second-order valence-electron chi connectivity index (χ2n) is 11.8. The largest absolute Gasteiger partial charge is 0.481 e. The van der Waals surface area contributed by atoms with E-state index in [-0.39, 0.29) is 44.4 Å². The van der Waals surface area contributed by atoms with Crippen LogP contribution in [0.15, 0.2) is 0 Å². The molecule has 12 heteroatoms. The fourth-order valence-corrected chi connectivity index (χ4v) is 4.97. The Kier molecular flexibility index (Phi) is 24.6. The minimum atomic E-state index is -1.26. The summed E-state index contributed by atoms with van der Waals surface area (Å²) in [5.41, 5.74) is 5.58. The van der Waals surface area contributed by atoms with E-state index in [0.717, 1.165) is 38.5 Å². The lowest BCUT2D eigenvalue weighted by Crippen LogP contribution is -2.48. The molecule has 3 atom stereocenters. The van der Waals surface area contributed by atoms with Crippen molar-refractivity contribution in [1.82, 2.24) is 10.6 Å². The number of rotatable bonds is 30. The number of ketones is 1. The molecular weight excluding hydrogens is 570 g/mol. The molecule has 0 spiro atoms. The number of hydrogen-bond donors (Lipinski definition) is 6. The Bertz CT molecular complexity index is 864. The van der Waals surface area contributed by atoms with E-state index >= 15 is 0 Å². The molecule has 0 aliphatic heterocycles. The van der Waals surface area contributed by atoms with Crippen LogP contribution in [0.2, 0.25) is 0 Å². The first-order chi connectivity index (χ1) is 20.9. The standard InChI is InChI=1S/C32H57N3O9/c1-24(33)31(42)25(21-23-30(40)41)34-28(37)22-20-26(32(43)44)35-27(36)18-16-14-12-10-8-6-4-2-3-5-7-9-11-13-15-17-19-29(38)39/h24-26H,2-23,33H2,1H3,(H,34,37)(H,35,36)(H,38,39)(H,40,41)(H,43,44)/t24?,25-,26-/m0/s1. The number of nitrogens with one attached hydrogen (secondary N) is 2. The summed E-state index contributed by atoms with van der Waals surface area (Å²) in [6.07, 6.45) is 17.2. The van der Waals surface area contributed by atoms with Crippen LogP contribution in [0.5, 0.6) is 0 Å². The highest BCUT2D eigenvalue weighted by atomic mass is 16.4. The van der Waals surface area contributed by atoms with Gasteiger partial charge in [0.2, 0.25) is 11.8 Å². The number of nitrogens with two attached hydrogens (primary N) is 1. The summed E-state index contributed by atoms with van der Waals surface area (Å²) in [6, 6.07) is -3.22. The zero-order valence-corrected chi connectivity index (χ0v) is 26.7. The molecule has 0 saturated heterocycles. The van der Waals surface area contributed by atoms with Gasteiger partial charge in [0.05, 0.1) is 12.1 Å². The number of aliphatic carboxylic acids is 3. The van der Waals surface area contributed by atoms with Crippen molar-refractivity contribution in [2.75, 3.05) is 0 Å². The summed E-state index contributed by atoms with van der Waals surface area (Å²) in [5, 5.41) is 31.9. The van der Waals surface area contributed by atoms with E-state index in [0.29, 0.717) is 6.42 Å². The Morgan fingerprint density at radius 1 is 0.500 bits per heavy atom. The first-order valence-electron chi connectivity index (χ1n) is 16.5. The van der Waals surface area contributed by atoms with Gasteiger partial charge in [-0.25, -0.2) is 4.79 Å². The van der Waals surface area contributed by atoms with Gasteiger partial charge in [-0.15, -0.1) is 0 Å². The molecule has 2 amide bonds. The molecule has 0 saturated carbocycles. The summed E-state index contributed by atoms with van der Waals surface area (Å²) in [7, 11) is 0. The number of carboxylic acid groups (broad SMARTS) is 3. The van der Waals surface area contributed by atoms with Crippen LogP contribution in [0.3, 0.4) is 0 Å².